The summed E-state index contributed by atoms with van der Waals surface area (Å²) in [6.45, 7) is 4.68. The fraction of sp³-hybridized carbons (Fsp3) is 0.526. The average molecular weight is 341 g/mol. The van der Waals surface area contributed by atoms with Crippen LogP contribution in [-0.2, 0) is 4.79 Å². The zero-order valence-electron chi connectivity index (χ0n) is 14.9. The number of aromatic nitrogens is 2. The van der Waals surface area contributed by atoms with E-state index in [-0.39, 0.29) is 5.91 Å². The number of benzene rings is 1. The third-order valence-electron chi connectivity index (χ3n) is 4.69. The monoisotopic (exact) mass is 341 g/mol. The predicted octanol–water partition coefficient (Wildman–Crippen LogP) is 2.06. The lowest BCUT2D eigenvalue weighted by Crippen LogP contribution is -2.36. The van der Waals surface area contributed by atoms with Crippen LogP contribution in [0.25, 0.3) is 10.9 Å². The molecule has 2 aromatic rings. The number of carbonyl (C=O) groups excluding carboxylic acids is 1. The van der Waals surface area contributed by atoms with Crippen LogP contribution in [0.15, 0.2) is 30.6 Å². The van der Waals surface area contributed by atoms with Gasteiger partial charge in [-0.1, -0.05) is 12.1 Å². The van der Waals surface area contributed by atoms with Crippen molar-refractivity contribution in [3.8, 4) is 0 Å². The highest BCUT2D eigenvalue weighted by Crippen LogP contribution is 2.21. The van der Waals surface area contributed by atoms with E-state index in [2.05, 4.69) is 20.2 Å². The van der Waals surface area contributed by atoms with E-state index in [0.717, 1.165) is 42.7 Å². The molecule has 0 saturated carbocycles. The van der Waals surface area contributed by atoms with Gasteiger partial charge in [-0.3, -0.25) is 4.79 Å². The van der Waals surface area contributed by atoms with Crippen molar-refractivity contribution in [3.63, 3.8) is 0 Å². The van der Waals surface area contributed by atoms with Crippen LogP contribution in [0.2, 0.25) is 0 Å². The minimum atomic E-state index is 0.0337. The van der Waals surface area contributed by atoms with Crippen LogP contribution in [0.3, 0.4) is 0 Å². The number of carbonyl (C=O) groups is 1. The van der Waals surface area contributed by atoms with Gasteiger partial charge in [0.25, 0.3) is 0 Å². The zero-order valence-corrected chi connectivity index (χ0v) is 14.9. The van der Waals surface area contributed by atoms with Crippen LogP contribution in [0.5, 0.6) is 0 Å². The van der Waals surface area contributed by atoms with E-state index in [1.807, 2.05) is 36.2 Å². The maximum Gasteiger partial charge on any atom is 0.239 e. The number of amides is 1. The van der Waals surface area contributed by atoms with E-state index in [1.54, 1.807) is 6.33 Å². The summed E-state index contributed by atoms with van der Waals surface area (Å²) in [6, 6.07) is 7.85. The van der Waals surface area contributed by atoms with Gasteiger partial charge in [-0.15, -0.1) is 0 Å². The van der Waals surface area contributed by atoms with Gasteiger partial charge in [0.15, 0.2) is 0 Å². The Bertz CT molecular complexity index is 694. The Morgan fingerprint density at radius 3 is 2.84 bits per heavy atom. The highest BCUT2D eigenvalue weighted by molar-refractivity contribution is 5.91. The zero-order chi connectivity index (χ0) is 17.5. The number of rotatable bonds is 8. The summed E-state index contributed by atoms with van der Waals surface area (Å²) in [5.41, 5.74) is 0.890. The molecule has 1 aliphatic heterocycles. The van der Waals surface area contributed by atoms with Crippen molar-refractivity contribution < 1.29 is 4.79 Å². The second-order valence-corrected chi connectivity index (χ2v) is 6.68. The first kappa shape index (κ1) is 17.6. The van der Waals surface area contributed by atoms with Gasteiger partial charge in [0.05, 0.1) is 12.1 Å². The fourth-order valence-electron chi connectivity index (χ4n) is 3.34. The van der Waals surface area contributed by atoms with E-state index in [4.69, 9.17) is 0 Å². The standard InChI is InChI=1S/C19H27N5O/c1-23(19-16-8-2-3-9-17(16)21-15-22-19)14-18(25)20-10-4-5-11-24-12-6-7-13-24/h2-3,8-9,15H,4-7,10-14H2,1H3,(H,20,25). The lowest BCUT2D eigenvalue weighted by atomic mass is 10.2. The summed E-state index contributed by atoms with van der Waals surface area (Å²) < 4.78 is 0. The van der Waals surface area contributed by atoms with Crippen molar-refractivity contribution in [3.05, 3.63) is 30.6 Å². The SMILES string of the molecule is CN(CC(=O)NCCCCN1CCCC1)c1ncnc2ccccc12. The summed E-state index contributed by atoms with van der Waals surface area (Å²) in [4.78, 5) is 25.2. The van der Waals surface area contributed by atoms with Gasteiger partial charge in [0.2, 0.25) is 5.91 Å². The summed E-state index contributed by atoms with van der Waals surface area (Å²) in [7, 11) is 1.89. The molecule has 0 bridgehead atoms. The molecule has 3 rings (SSSR count). The first-order chi connectivity index (χ1) is 12.2. The number of likely N-dealkylation sites (N-methyl/N-ethyl adjacent to an activating group) is 1. The molecule has 25 heavy (non-hydrogen) atoms. The topological polar surface area (TPSA) is 61.4 Å². The van der Waals surface area contributed by atoms with Gasteiger partial charge in [0.1, 0.15) is 12.1 Å². The number of unbranched alkanes of at least 4 members (excludes halogenated alkanes) is 1. The van der Waals surface area contributed by atoms with Gasteiger partial charge in [-0.05, 0) is 57.5 Å². The van der Waals surface area contributed by atoms with E-state index in [0.29, 0.717) is 6.54 Å². The quantitative estimate of drug-likeness (QED) is 0.745. The molecule has 0 atom stereocenters. The summed E-state index contributed by atoms with van der Waals surface area (Å²) >= 11 is 0. The Balaban J connectivity index is 1.42. The van der Waals surface area contributed by atoms with E-state index >= 15 is 0 Å². The van der Waals surface area contributed by atoms with Crippen LogP contribution >= 0.6 is 0 Å². The molecule has 1 saturated heterocycles. The highest BCUT2D eigenvalue weighted by atomic mass is 16.2. The number of hydrogen-bond acceptors (Lipinski definition) is 5. The molecule has 1 fully saturated rings. The Labute approximate surface area is 149 Å². The normalized spacial score (nSPS) is 14.8. The molecule has 0 radical (unpaired) electrons. The third kappa shape index (κ3) is 4.89. The molecule has 0 spiro atoms. The fourth-order valence-corrected chi connectivity index (χ4v) is 3.34. The Kier molecular flexibility index (Phi) is 6.17. The lowest BCUT2D eigenvalue weighted by molar-refractivity contribution is -0.119. The van der Waals surface area contributed by atoms with Crippen LogP contribution in [0.1, 0.15) is 25.7 Å². The Hall–Kier alpha value is -2.21. The molecule has 1 aromatic carbocycles. The molecule has 1 aliphatic rings. The maximum atomic E-state index is 12.2. The molecule has 1 N–H and O–H groups in total. The van der Waals surface area contributed by atoms with Gasteiger partial charge in [-0.25, -0.2) is 9.97 Å². The first-order valence-corrected chi connectivity index (χ1v) is 9.14. The number of fused-ring (bicyclic) bond motifs is 1. The molecule has 6 nitrogen and oxygen atoms in total. The second kappa shape index (κ2) is 8.76. The smallest absolute Gasteiger partial charge is 0.239 e. The first-order valence-electron chi connectivity index (χ1n) is 9.14. The lowest BCUT2D eigenvalue weighted by Gasteiger charge is -2.19. The Morgan fingerprint density at radius 1 is 1.20 bits per heavy atom. The molecule has 1 aromatic heterocycles. The van der Waals surface area contributed by atoms with Crippen molar-refractivity contribution in [2.45, 2.75) is 25.7 Å². The molecule has 0 unspecified atom stereocenters. The minimum absolute atomic E-state index is 0.0337. The number of nitrogens with one attached hydrogen (secondary N) is 1. The van der Waals surface area contributed by atoms with E-state index in [9.17, 15) is 4.79 Å². The van der Waals surface area contributed by atoms with Crippen LogP contribution < -0.4 is 10.2 Å². The number of likely N-dealkylation sites (tertiary alicyclic amines) is 1. The maximum absolute atomic E-state index is 12.2. The summed E-state index contributed by atoms with van der Waals surface area (Å²) in [5, 5.41) is 3.98. The summed E-state index contributed by atoms with van der Waals surface area (Å²) in [6.07, 6.45) is 6.39. The number of para-hydroxylation sites is 1. The van der Waals surface area contributed by atoms with Gasteiger partial charge in [0, 0.05) is 19.0 Å². The second-order valence-electron chi connectivity index (χ2n) is 6.68. The molecule has 0 aliphatic carbocycles. The number of anilines is 1. The predicted molar refractivity (Wildman–Crippen MR) is 101 cm³/mol. The highest BCUT2D eigenvalue weighted by Gasteiger charge is 2.12. The summed E-state index contributed by atoms with van der Waals surface area (Å²) in [5.74, 6) is 0.821. The molecule has 134 valence electrons. The molecule has 1 amide bonds. The van der Waals surface area contributed by atoms with Crippen LogP contribution in [0, 0.1) is 0 Å². The molecular formula is C19H27N5O. The minimum Gasteiger partial charge on any atom is -0.355 e. The van der Waals surface area contributed by atoms with Crippen LogP contribution in [0.4, 0.5) is 5.82 Å². The van der Waals surface area contributed by atoms with E-state index in [1.165, 1.54) is 25.9 Å². The number of hydrogen-bond donors (Lipinski definition) is 1. The van der Waals surface area contributed by atoms with Crippen molar-refractivity contribution in [1.82, 2.24) is 20.2 Å². The molecule has 2 heterocycles. The van der Waals surface area contributed by atoms with Gasteiger partial charge in [-0.2, -0.15) is 0 Å². The molecule has 6 heteroatoms. The molecular weight excluding hydrogens is 314 g/mol. The third-order valence-corrected chi connectivity index (χ3v) is 4.69. The van der Waals surface area contributed by atoms with Crippen molar-refractivity contribution >= 4 is 22.6 Å². The van der Waals surface area contributed by atoms with Gasteiger partial charge < -0.3 is 15.1 Å². The van der Waals surface area contributed by atoms with Crippen molar-refractivity contribution in [2.24, 2.45) is 0 Å². The van der Waals surface area contributed by atoms with Gasteiger partial charge >= 0.3 is 0 Å². The van der Waals surface area contributed by atoms with Crippen molar-refractivity contribution in [1.29, 1.82) is 0 Å². The van der Waals surface area contributed by atoms with Crippen LogP contribution in [-0.4, -0.2) is 60.5 Å². The largest absolute Gasteiger partial charge is 0.355 e. The number of nitrogens with zero attached hydrogens (tertiary/aromatic N) is 4. The van der Waals surface area contributed by atoms with Crippen molar-refractivity contribution in [2.75, 3.05) is 44.7 Å². The average Bonchev–Trinajstić information content (AvgIpc) is 3.14. The Morgan fingerprint density at radius 2 is 2.00 bits per heavy atom. The van der Waals surface area contributed by atoms with E-state index < -0.39 is 0 Å².